The molecule has 0 bridgehead atoms. The number of pyridine rings is 1. The van der Waals surface area contributed by atoms with Gasteiger partial charge in [0.1, 0.15) is 16.6 Å². The first-order valence-corrected chi connectivity index (χ1v) is 5.77. The number of aromatic nitrogens is 1. The highest BCUT2D eigenvalue weighted by atomic mass is 79.9. The molecule has 0 spiro atoms. The Morgan fingerprint density at radius 1 is 1.35 bits per heavy atom. The van der Waals surface area contributed by atoms with Gasteiger partial charge in [-0.25, -0.2) is 9.37 Å². The lowest BCUT2D eigenvalue weighted by molar-refractivity contribution is 0.461. The van der Waals surface area contributed by atoms with Crippen molar-refractivity contribution in [2.45, 2.75) is 0 Å². The highest BCUT2D eigenvalue weighted by Crippen LogP contribution is 2.30. The van der Waals surface area contributed by atoms with Gasteiger partial charge < -0.3 is 10.5 Å². The fourth-order valence-electron chi connectivity index (χ4n) is 1.17. The van der Waals surface area contributed by atoms with Crippen LogP contribution in [0.3, 0.4) is 0 Å². The van der Waals surface area contributed by atoms with Gasteiger partial charge in [-0.05, 0) is 40.2 Å². The minimum absolute atomic E-state index is 0.222. The van der Waals surface area contributed by atoms with E-state index in [4.69, 9.17) is 22.1 Å². The number of nitrogen functional groups attached to an aromatic ring is 1. The molecule has 0 fully saturated rings. The second kappa shape index (κ2) is 4.89. The fraction of sp³-hybridized carbons (Fsp3) is 0. The van der Waals surface area contributed by atoms with Crippen LogP contribution in [0.1, 0.15) is 0 Å². The second-order valence-electron chi connectivity index (χ2n) is 3.23. The largest absolute Gasteiger partial charge is 0.437 e. The number of anilines is 1. The van der Waals surface area contributed by atoms with Gasteiger partial charge in [0.05, 0.1) is 16.4 Å². The van der Waals surface area contributed by atoms with Crippen LogP contribution in [0.5, 0.6) is 11.6 Å². The Balaban J connectivity index is 2.28. The third kappa shape index (κ3) is 2.87. The number of nitrogens with zero attached hydrogens (tertiary/aromatic N) is 1. The van der Waals surface area contributed by atoms with E-state index in [1.54, 1.807) is 0 Å². The Labute approximate surface area is 110 Å². The summed E-state index contributed by atoms with van der Waals surface area (Å²) in [6, 6.07) is 5.78. The number of benzene rings is 1. The van der Waals surface area contributed by atoms with Crippen molar-refractivity contribution in [3.05, 3.63) is 45.8 Å². The summed E-state index contributed by atoms with van der Waals surface area (Å²) in [7, 11) is 0. The maximum absolute atomic E-state index is 13.0. The molecule has 0 radical (unpaired) electrons. The van der Waals surface area contributed by atoms with Gasteiger partial charge in [-0.1, -0.05) is 11.6 Å². The molecular formula is C11H7BrClFN2O. The van der Waals surface area contributed by atoms with Crippen LogP contribution in [0.4, 0.5) is 10.1 Å². The first-order chi connectivity index (χ1) is 8.06. The zero-order chi connectivity index (χ0) is 12.4. The summed E-state index contributed by atoms with van der Waals surface area (Å²) in [6.07, 6.45) is 1.43. The molecule has 3 nitrogen and oxygen atoms in total. The van der Waals surface area contributed by atoms with Gasteiger partial charge in [0.2, 0.25) is 5.88 Å². The molecule has 6 heteroatoms. The molecule has 0 saturated heterocycles. The smallest absolute Gasteiger partial charge is 0.238 e. The van der Waals surface area contributed by atoms with E-state index >= 15 is 0 Å². The summed E-state index contributed by atoms with van der Waals surface area (Å²) in [4.78, 5) is 3.94. The number of nitrogens with two attached hydrogens (primary N) is 1. The lowest BCUT2D eigenvalue weighted by Gasteiger charge is -2.07. The Hall–Kier alpha value is -1.33. The molecule has 1 aromatic heterocycles. The zero-order valence-corrected chi connectivity index (χ0v) is 10.8. The minimum Gasteiger partial charge on any atom is -0.437 e. The van der Waals surface area contributed by atoms with Gasteiger partial charge in [0.15, 0.2) is 0 Å². The van der Waals surface area contributed by atoms with Crippen LogP contribution in [-0.4, -0.2) is 4.98 Å². The molecule has 0 saturated carbocycles. The van der Waals surface area contributed by atoms with Crippen LogP contribution in [0, 0.1) is 5.82 Å². The van der Waals surface area contributed by atoms with Crippen molar-refractivity contribution in [3.63, 3.8) is 0 Å². The van der Waals surface area contributed by atoms with Crippen molar-refractivity contribution < 1.29 is 9.13 Å². The van der Waals surface area contributed by atoms with E-state index < -0.39 is 0 Å². The van der Waals surface area contributed by atoms with Crippen molar-refractivity contribution in [2.24, 2.45) is 0 Å². The average Bonchev–Trinajstić information content (AvgIpc) is 2.27. The normalized spacial score (nSPS) is 10.3. The Kier molecular flexibility index (Phi) is 3.49. The minimum atomic E-state index is -0.367. The predicted octanol–water partition coefficient (Wildman–Crippen LogP) is 4.01. The van der Waals surface area contributed by atoms with Gasteiger partial charge in [-0.3, -0.25) is 0 Å². The van der Waals surface area contributed by atoms with Crippen LogP contribution in [0.25, 0.3) is 0 Å². The average molecular weight is 318 g/mol. The summed E-state index contributed by atoms with van der Waals surface area (Å²) in [6.45, 7) is 0. The molecule has 2 N–H and O–H groups in total. The van der Waals surface area contributed by atoms with Crippen LogP contribution in [-0.2, 0) is 0 Å². The van der Waals surface area contributed by atoms with Crippen LogP contribution < -0.4 is 10.5 Å². The Morgan fingerprint density at radius 3 is 2.76 bits per heavy atom. The first kappa shape index (κ1) is 12.1. The standard InChI is InChI=1S/C11H7BrClFN2O/c12-8-4-7(1-2-10(8)14)17-11-9(13)3-6(15)5-16-11/h1-5H,15H2. The lowest BCUT2D eigenvalue weighted by atomic mass is 10.3. The molecule has 2 rings (SSSR count). The first-order valence-electron chi connectivity index (χ1n) is 4.60. The number of hydrogen-bond acceptors (Lipinski definition) is 3. The van der Waals surface area contributed by atoms with E-state index in [1.165, 1.54) is 30.5 Å². The van der Waals surface area contributed by atoms with Crippen molar-refractivity contribution in [3.8, 4) is 11.6 Å². The summed E-state index contributed by atoms with van der Waals surface area (Å²) in [5, 5.41) is 0.297. The SMILES string of the molecule is Nc1cnc(Oc2ccc(F)c(Br)c2)c(Cl)c1. The predicted molar refractivity (Wildman–Crippen MR) is 67.8 cm³/mol. The molecule has 1 heterocycles. The number of ether oxygens (including phenoxy) is 1. The van der Waals surface area contributed by atoms with Crippen LogP contribution >= 0.6 is 27.5 Å². The molecule has 17 heavy (non-hydrogen) atoms. The van der Waals surface area contributed by atoms with Gasteiger partial charge in [-0.15, -0.1) is 0 Å². The van der Waals surface area contributed by atoms with E-state index in [0.29, 0.717) is 20.9 Å². The molecule has 0 aliphatic carbocycles. The second-order valence-corrected chi connectivity index (χ2v) is 4.50. The van der Waals surface area contributed by atoms with E-state index in [-0.39, 0.29) is 11.7 Å². The quantitative estimate of drug-likeness (QED) is 0.910. The molecule has 0 aliphatic rings. The summed E-state index contributed by atoms with van der Waals surface area (Å²) < 4.78 is 18.7. The van der Waals surface area contributed by atoms with Gasteiger partial charge >= 0.3 is 0 Å². The van der Waals surface area contributed by atoms with Crippen molar-refractivity contribution in [2.75, 3.05) is 5.73 Å². The fourth-order valence-corrected chi connectivity index (χ4v) is 1.74. The molecule has 1 aromatic carbocycles. The summed E-state index contributed by atoms with van der Waals surface area (Å²) in [5.74, 6) is 0.283. The maximum Gasteiger partial charge on any atom is 0.238 e. The van der Waals surface area contributed by atoms with E-state index in [9.17, 15) is 4.39 Å². The van der Waals surface area contributed by atoms with Crippen molar-refractivity contribution in [1.82, 2.24) is 4.98 Å². The number of hydrogen-bond donors (Lipinski definition) is 1. The Bertz CT molecular complexity index is 565. The molecule has 0 aliphatic heterocycles. The van der Waals surface area contributed by atoms with E-state index in [2.05, 4.69) is 20.9 Å². The molecular weight excluding hydrogens is 310 g/mol. The van der Waals surface area contributed by atoms with Crippen LogP contribution in [0.15, 0.2) is 34.9 Å². The van der Waals surface area contributed by atoms with E-state index in [0.717, 1.165) is 0 Å². The van der Waals surface area contributed by atoms with Gasteiger partial charge in [0.25, 0.3) is 0 Å². The molecule has 2 aromatic rings. The molecule has 88 valence electrons. The number of rotatable bonds is 2. The van der Waals surface area contributed by atoms with Crippen molar-refractivity contribution >= 4 is 33.2 Å². The van der Waals surface area contributed by atoms with Gasteiger partial charge in [0, 0.05) is 0 Å². The van der Waals surface area contributed by atoms with Gasteiger partial charge in [-0.2, -0.15) is 0 Å². The third-order valence-corrected chi connectivity index (χ3v) is 2.81. The molecule has 0 unspecified atom stereocenters. The highest BCUT2D eigenvalue weighted by Gasteiger charge is 2.07. The van der Waals surface area contributed by atoms with Crippen LogP contribution in [0.2, 0.25) is 5.02 Å². The zero-order valence-electron chi connectivity index (χ0n) is 8.45. The maximum atomic E-state index is 13.0. The molecule has 0 amide bonds. The Morgan fingerprint density at radius 2 is 2.12 bits per heavy atom. The number of halogens is 3. The third-order valence-electron chi connectivity index (χ3n) is 1.93. The summed E-state index contributed by atoms with van der Waals surface area (Å²) >= 11 is 8.96. The molecule has 0 atom stereocenters. The topological polar surface area (TPSA) is 48.1 Å². The monoisotopic (exact) mass is 316 g/mol. The van der Waals surface area contributed by atoms with E-state index in [1.807, 2.05) is 0 Å². The summed E-state index contributed by atoms with van der Waals surface area (Å²) in [5.41, 5.74) is 5.95. The highest BCUT2D eigenvalue weighted by molar-refractivity contribution is 9.10. The lowest BCUT2D eigenvalue weighted by Crippen LogP contribution is -1.92. The van der Waals surface area contributed by atoms with Crippen molar-refractivity contribution in [1.29, 1.82) is 0 Å².